The number of ether oxygens (including phenoxy) is 3. The molecule has 24 heavy (non-hydrogen) atoms. The smallest absolute Gasteiger partial charge is 0.420 e. The van der Waals surface area contributed by atoms with E-state index >= 15 is 0 Å². The van der Waals surface area contributed by atoms with Gasteiger partial charge in [-0.3, -0.25) is 4.68 Å². The van der Waals surface area contributed by atoms with E-state index in [1.165, 1.54) is 26.1 Å². The first-order valence-corrected chi connectivity index (χ1v) is 7.05. The molecule has 0 saturated carbocycles. The van der Waals surface area contributed by atoms with Gasteiger partial charge in [-0.25, -0.2) is 4.79 Å². The van der Waals surface area contributed by atoms with Gasteiger partial charge in [0.2, 0.25) is 6.79 Å². The Morgan fingerprint density at radius 3 is 2.79 bits per heavy atom. The third-order valence-electron chi connectivity index (χ3n) is 3.45. The molecule has 0 fully saturated rings. The van der Waals surface area contributed by atoms with Crippen LogP contribution >= 0.6 is 0 Å². The van der Waals surface area contributed by atoms with Crippen LogP contribution < -0.4 is 9.47 Å². The Morgan fingerprint density at radius 1 is 1.38 bits per heavy atom. The molecule has 0 saturated heterocycles. The SMILES string of the molecule is CCOC(=O)c1c(C(F)(F)F)c(-c2cccc3c2OCO3)nn1C. The van der Waals surface area contributed by atoms with Gasteiger partial charge in [-0.15, -0.1) is 0 Å². The number of fused-ring (bicyclic) bond motifs is 1. The van der Waals surface area contributed by atoms with Crippen LogP contribution in [-0.4, -0.2) is 29.1 Å². The van der Waals surface area contributed by atoms with Gasteiger partial charge in [0.05, 0.1) is 6.61 Å². The van der Waals surface area contributed by atoms with Crippen molar-refractivity contribution in [2.24, 2.45) is 7.05 Å². The van der Waals surface area contributed by atoms with Gasteiger partial charge in [0.15, 0.2) is 17.2 Å². The summed E-state index contributed by atoms with van der Waals surface area (Å²) >= 11 is 0. The van der Waals surface area contributed by atoms with Crippen LogP contribution in [0.15, 0.2) is 18.2 Å². The van der Waals surface area contributed by atoms with Gasteiger partial charge in [-0.05, 0) is 19.1 Å². The summed E-state index contributed by atoms with van der Waals surface area (Å²) in [5.41, 5.74) is -2.12. The molecule has 128 valence electrons. The monoisotopic (exact) mass is 342 g/mol. The van der Waals surface area contributed by atoms with Crippen molar-refractivity contribution in [3.05, 3.63) is 29.5 Å². The lowest BCUT2D eigenvalue weighted by Gasteiger charge is -2.11. The molecule has 6 nitrogen and oxygen atoms in total. The first-order valence-electron chi connectivity index (χ1n) is 7.05. The molecule has 0 atom stereocenters. The minimum atomic E-state index is -4.80. The second-order valence-electron chi connectivity index (χ2n) is 4.95. The van der Waals surface area contributed by atoms with Gasteiger partial charge in [0.1, 0.15) is 11.3 Å². The molecule has 2 heterocycles. The highest BCUT2D eigenvalue weighted by Crippen LogP contribution is 2.46. The molecule has 0 amide bonds. The van der Waals surface area contributed by atoms with Crippen LogP contribution in [-0.2, 0) is 18.0 Å². The zero-order valence-corrected chi connectivity index (χ0v) is 12.8. The van der Waals surface area contributed by atoms with Crippen LogP contribution in [0, 0.1) is 0 Å². The van der Waals surface area contributed by atoms with Crippen LogP contribution in [0.1, 0.15) is 23.0 Å². The number of carbonyl (C=O) groups is 1. The van der Waals surface area contributed by atoms with E-state index in [-0.39, 0.29) is 24.7 Å². The number of esters is 1. The Labute approximate surface area is 134 Å². The quantitative estimate of drug-likeness (QED) is 0.803. The molecule has 0 N–H and O–H groups in total. The zero-order chi connectivity index (χ0) is 17.5. The number of benzene rings is 1. The molecular weight excluding hydrogens is 329 g/mol. The number of aryl methyl sites for hydroxylation is 1. The molecule has 1 aliphatic heterocycles. The molecular formula is C15H13F3N2O4. The lowest BCUT2D eigenvalue weighted by atomic mass is 10.0. The molecule has 3 rings (SSSR count). The van der Waals surface area contributed by atoms with Gasteiger partial charge in [-0.1, -0.05) is 6.07 Å². The molecule has 9 heteroatoms. The van der Waals surface area contributed by atoms with E-state index in [0.717, 1.165) is 4.68 Å². The van der Waals surface area contributed by atoms with E-state index in [9.17, 15) is 18.0 Å². The maximum Gasteiger partial charge on any atom is 0.420 e. The number of para-hydroxylation sites is 1. The molecule has 0 spiro atoms. The highest BCUT2D eigenvalue weighted by atomic mass is 19.4. The zero-order valence-electron chi connectivity index (χ0n) is 12.8. The average Bonchev–Trinajstić information content (AvgIpc) is 3.10. The fourth-order valence-corrected chi connectivity index (χ4v) is 2.53. The summed E-state index contributed by atoms with van der Waals surface area (Å²) in [6, 6.07) is 4.54. The van der Waals surface area contributed by atoms with Crippen LogP contribution in [0.5, 0.6) is 11.5 Å². The number of nitrogens with zero attached hydrogens (tertiary/aromatic N) is 2. The summed E-state index contributed by atoms with van der Waals surface area (Å²) in [6.07, 6.45) is -4.80. The van der Waals surface area contributed by atoms with E-state index in [1.807, 2.05) is 0 Å². The number of hydrogen-bond acceptors (Lipinski definition) is 5. The number of alkyl halides is 3. The van der Waals surface area contributed by atoms with E-state index in [2.05, 4.69) is 5.10 Å². The normalized spacial score (nSPS) is 13.2. The molecule has 2 aromatic rings. The summed E-state index contributed by atoms with van der Waals surface area (Å²) in [5.74, 6) is -0.601. The standard InChI is InChI=1S/C15H13F3N2O4/c1-3-22-14(21)12-10(15(16,17)18)11(19-20(12)2)8-5-4-6-9-13(8)24-7-23-9/h4-6H,3,7H2,1-2H3. The molecule has 1 aromatic heterocycles. The second-order valence-corrected chi connectivity index (χ2v) is 4.95. The van der Waals surface area contributed by atoms with Crippen molar-refractivity contribution in [2.45, 2.75) is 13.1 Å². The Balaban J connectivity index is 2.25. The van der Waals surface area contributed by atoms with Crippen LogP contribution in [0.25, 0.3) is 11.3 Å². The van der Waals surface area contributed by atoms with Gasteiger partial charge >= 0.3 is 12.1 Å². The maximum atomic E-state index is 13.6. The molecule has 1 aliphatic rings. The molecule has 0 aliphatic carbocycles. The van der Waals surface area contributed by atoms with Gasteiger partial charge < -0.3 is 14.2 Å². The third kappa shape index (κ3) is 2.55. The highest BCUT2D eigenvalue weighted by Gasteiger charge is 2.43. The highest BCUT2D eigenvalue weighted by molar-refractivity contribution is 5.92. The van der Waals surface area contributed by atoms with E-state index < -0.39 is 29.1 Å². The summed E-state index contributed by atoms with van der Waals surface area (Å²) in [6.45, 7) is 1.37. The van der Waals surface area contributed by atoms with E-state index in [4.69, 9.17) is 14.2 Å². The first kappa shape index (κ1) is 16.2. The van der Waals surface area contributed by atoms with Gasteiger partial charge in [0, 0.05) is 12.6 Å². The van der Waals surface area contributed by atoms with Crippen molar-refractivity contribution in [1.82, 2.24) is 9.78 Å². The Morgan fingerprint density at radius 2 is 2.12 bits per heavy atom. The van der Waals surface area contributed by atoms with E-state index in [0.29, 0.717) is 5.75 Å². The summed E-state index contributed by atoms with van der Waals surface area (Å²) in [5, 5.41) is 3.89. The number of halogens is 3. The summed E-state index contributed by atoms with van der Waals surface area (Å²) in [7, 11) is 1.26. The molecule has 0 radical (unpaired) electrons. The van der Waals surface area contributed by atoms with Crippen LogP contribution in [0.3, 0.4) is 0 Å². The molecule has 0 bridgehead atoms. The number of hydrogen-bond donors (Lipinski definition) is 0. The number of rotatable bonds is 3. The summed E-state index contributed by atoms with van der Waals surface area (Å²) in [4.78, 5) is 12.0. The Kier molecular flexibility index (Phi) is 3.86. The lowest BCUT2D eigenvalue weighted by Crippen LogP contribution is -2.17. The minimum Gasteiger partial charge on any atom is -0.461 e. The fraction of sp³-hybridized carbons (Fsp3) is 0.333. The minimum absolute atomic E-state index is 0.0473. The largest absolute Gasteiger partial charge is 0.461 e. The third-order valence-corrected chi connectivity index (χ3v) is 3.45. The van der Waals surface area contributed by atoms with Crippen molar-refractivity contribution in [1.29, 1.82) is 0 Å². The molecule has 1 aromatic carbocycles. The van der Waals surface area contributed by atoms with Crippen LogP contribution in [0.2, 0.25) is 0 Å². The van der Waals surface area contributed by atoms with Crippen LogP contribution in [0.4, 0.5) is 13.2 Å². The van der Waals surface area contributed by atoms with Crippen molar-refractivity contribution in [2.75, 3.05) is 13.4 Å². The number of aromatic nitrogens is 2. The first-order chi connectivity index (χ1) is 11.3. The van der Waals surface area contributed by atoms with Gasteiger partial charge in [-0.2, -0.15) is 18.3 Å². The average molecular weight is 342 g/mol. The topological polar surface area (TPSA) is 62.6 Å². The van der Waals surface area contributed by atoms with Crippen molar-refractivity contribution in [3.63, 3.8) is 0 Å². The van der Waals surface area contributed by atoms with Gasteiger partial charge in [0.25, 0.3) is 0 Å². The Bertz CT molecular complexity index is 799. The number of carbonyl (C=O) groups excluding carboxylic acids is 1. The maximum absolute atomic E-state index is 13.6. The second kappa shape index (κ2) is 5.73. The van der Waals surface area contributed by atoms with Crippen molar-refractivity contribution in [3.8, 4) is 22.8 Å². The Hall–Kier alpha value is -2.71. The predicted molar refractivity (Wildman–Crippen MR) is 75.7 cm³/mol. The predicted octanol–water partition coefficient (Wildman–Crippen LogP) is 3.01. The lowest BCUT2D eigenvalue weighted by molar-refractivity contribution is -0.137. The van der Waals surface area contributed by atoms with Crippen molar-refractivity contribution >= 4 is 5.97 Å². The fourth-order valence-electron chi connectivity index (χ4n) is 2.53. The van der Waals surface area contributed by atoms with E-state index in [1.54, 1.807) is 6.07 Å². The molecule has 0 unspecified atom stereocenters. The summed E-state index contributed by atoms with van der Waals surface area (Å²) < 4.78 is 56.9. The van der Waals surface area contributed by atoms with Crippen molar-refractivity contribution < 1.29 is 32.2 Å².